The fourth-order valence-electron chi connectivity index (χ4n) is 4.86. The summed E-state index contributed by atoms with van der Waals surface area (Å²) in [6.07, 6.45) is 0.523. The number of amides is 1. The lowest BCUT2D eigenvalue weighted by Crippen LogP contribution is -2.34. The Morgan fingerprint density at radius 2 is 1.84 bits per heavy atom. The van der Waals surface area contributed by atoms with E-state index in [4.69, 9.17) is 37.7 Å². The number of nitrogens with zero attached hydrogens (tertiary/aromatic N) is 2. The minimum absolute atomic E-state index is 0.0787. The van der Waals surface area contributed by atoms with E-state index in [-0.39, 0.29) is 22.9 Å². The Kier molecular flexibility index (Phi) is 7.38. The third kappa shape index (κ3) is 5.17. The van der Waals surface area contributed by atoms with E-state index in [2.05, 4.69) is 15.2 Å². The molecule has 1 aliphatic carbocycles. The van der Waals surface area contributed by atoms with E-state index < -0.39 is 0 Å². The Hall–Kier alpha value is -2.75. The number of aromatic nitrogens is 2. The van der Waals surface area contributed by atoms with Crippen LogP contribution >= 0.6 is 34.5 Å². The van der Waals surface area contributed by atoms with Gasteiger partial charge in [0.2, 0.25) is 0 Å². The lowest BCUT2D eigenvalue weighted by molar-refractivity contribution is 0.0530. The molecule has 2 fully saturated rings. The van der Waals surface area contributed by atoms with Gasteiger partial charge in [0.15, 0.2) is 5.13 Å². The molecule has 2 aromatic heterocycles. The van der Waals surface area contributed by atoms with Gasteiger partial charge in [-0.1, -0.05) is 46.7 Å². The number of piperidine rings is 1. The number of fused-ring (bicyclic) bond motifs is 1. The van der Waals surface area contributed by atoms with Crippen molar-refractivity contribution in [1.29, 1.82) is 0 Å². The Morgan fingerprint density at radius 1 is 1.14 bits per heavy atom. The maximum atomic E-state index is 12.7. The normalized spacial score (nSPS) is 20.0. The minimum Gasteiger partial charge on any atom is -0.494 e. The average Bonchev–Trinajstić information content (AvgIpc) is 3.22. The number of benzene rings is 1. The number of aryl methyl sites for hydroxylation is 1. The molecule has 2 aliphatic rings. The SMILES string of the molecule is CCOC(=O)c1sc(N2C[C@@H]3C(NC(=O)c4[nH]c(C)c(Cl)c4Cl)[C@@H]3C2)nc1Cc1ccc(OCC)cc1. The van der Waals surface area contributed by atoms with Crippen LogP contribution in [0.25, 0.3) is 0 Å². The number of aromatic amines is 1. The highest BCUT2D eigenvalue weighted by Crippen LogP contribution is 2.48. The quantitative estimate of drug-likeness (QED) is 0.351. The Balaban J connectivity index is 1.26. The molecule has 1 aliphatic heterocycles. The minimum atomic E-state index is -0.349. The predicted octanol–water partition coefficient (Wildman–Crippen LogP) is 5.12. The Morgan fingerprint density at radius 3 is 2.43 bits per heavy atom. The zero-order valence-electron chi connectivity index (χ0n) is 20.8. The summed E-state index contributed by atoms with van der Waals surface area (Å²) < 4.78 is 10.8. The summed E-state index contributed by atoms with van der Waals surface area (Å²) in [6, 6.07) is 7.91. The number of hydrogen-bond donors (Lipinski definition) is 2. The summed E-state index contributed by atoms with van der Waals surface area (Å²) in [5.74, 6) is 0.851. The van der Waals surface area contributed by atoms with E-state index in [1.54, 1.807) is 13.8 Å². The topological polar surface area (TPSA) is 96.6 Å². The van der Waals surface area contributed by atoms with E-state index in [0.717, 1.165) is 29.5 Å². The van der Waals surface area contributed by atoms with Gasteiger partial charge in [0, 0.05) is 43.1 Å². The second-order valence-corrected chi connectivity index (χ2v) is 11.0. The van der Waals surface area contributed by atoms with Crippen LogP contribution in [0.1, 0.15) is 51.0 Å². The maximum absolute atomic E-state index is 12.7. The van der Waals surface area contributed by atoms with Crippen molar-refractivity contribution < 1.29 is 19.1 Å². The lowest BCUT2D eigenvalue weighted by atomic mass is 10.1. The predicted molar refractivity (Wildman–Crippen MR) is 144 cm³/mol. The van der Waals surface area contributed by atoms with Crippen molar-refractivity contribution in [2.75, 3.05) is 31.2 Å². The molecule has 1 unspecified atom stereocenters. The van der Waals surface area contributed by atoms with Crippen LogP contribution in [-0.4, -0.2) is 54.2 Å². The molecule has 5 rings (SSSR count). The van der Waals surface area contributed by atoms with Gasteiger partial charge in [-0.15, -0.1) is 0 Å². The van der Waals surface area contributed by atoms with Crippen molar-refractivity contribution >= 4 is 51.5 Å². The van der Waals surface area contributed by atoms with Crippen molar-refractivity contribution in [3.05, 3.63) is 61.8 Å². The van der Waals surface area contributed by atoms with Gasteiger partial charge in [-0.05, 0) is 38.5 Å². The Bertz CT molecular complexity index is 1310. The second kappa shape index (κ2) is 10.6. The Labute approximate surface area is 229 Å². The number of ether oxygens (including phenoxy) is 2. The largest absolute Gasteiger partial charge is 0.494 e. The zero-order valence-corrected chi connectivity index (χ0v) is 23.1. The van der Waals surface area contributed by atoms with Crippen LogP contribution in [0.2, 0.25) is 10.0 Å². The summed E-state index contributed by atoms with van der Waals surface area (Å²) in [7, 11) is 0. The first-order valence-corrected chi connectivity index (χ1v) is 13.9. The molecule has 3 aromatic rings. The fourth-order valence-corrected chi connectivity index (χ4v) is 6.27. The van der Waals surface area contributed by atoms with Crippen LogP contribution in [0, 0.1) is 18.8 Å². The lowest BCUT2D eigenvalue weighted by Gasteiger charge is -2.19. The third-order valence-electron chi connectivity index (χ3n) is 6.80. The van der Waals surface area contributed by atoms with Gasteiger partial charge in [0.25, 0.3) is 5.91 Å². The summed E-state index contributed by atoms with van der Waals surface area (Å²) in [5, 5.41) is 4.50. The molecule has 0 radical (unpaired) electrons. The summed E-state index contributed by atoms with van der Waals surface area (Å²) in [4.78, 5) is 35.9. The zero-order chi connectivity index (χ0) is 26.3. The first-order chi connectivity index (χ1) is 17.8. The van der Waals surface area contributed by atoms with E-state index >= 15 is 0 Å². The summed E-state index contributed by atoms with van der Waals surface area (Å²) in [6.45, 7) is 7.94. The van der Waals surface area contributed by atoms with Crippen LogP contribution in [-0.2, 0) is 11.2 Å². The van der Waals surface area contributed by atoms with Crippen molar-refractivity contribution in [2.45, 2.75) is 33.2 Å². The van der Waals surface area contributed by atoms with E-state index in [1.165, 1.54) is 11.3 Å². The molecule has 0 bridgehead atoms. The highest BCUT2D eigenvalue weighted by Gasteiger charge is 2.57. The van der Waals surface area contributed by atoms with E-state index in [1.807, 2.05) is 31.2 Å². The van der Waals surface area contributed by atoms with Crippen molar-refractivity contribution in [2.24, 2.45) is 11.8 Å². The van der Waals surface area contributed by atoms with Gasteiger partial charge in [-0.3, -0.25) is 4.79 Å². The summed E-state index contributed by atoms with van der Waals surface area (Å²) in [5.41, 5.74) is 2.71. The van der Waals surface area contributed by atoms with E-state index in [0.29, 0.717) is 58.5 Å². The number of esters is 1. The van der Waals surface area contributed by atoms with Crippen molar-refractivity contribution in [1.82, 2.24) is 15.3 Å². The van der Waals surface area contributed by atoms with Gasteiger partial charge >= 0.3 is 5.97 Å². The number of hydrogen-bond acceptors (Lipinski definition) is 7. The molecule has 3 heterocycles. The number of halogens is 2. The van der Waals surface area contributed by atoms with Gasteiger partial charge in [0.05, 0.1) is 29.0 Å². The highest BCUT2D eigenvalue weighted by atomic mass is 35.5. The molecule has 2 N–H and O–H groups in total. The number of carbonyl (C=O) groups excluding carboxylic acids is 2. The van der Waals surface area contributed by atoms with Crippen LogP contribution in [0.15, 0.2) is 24.3 Å². The van der Waals surface area contributed by atoms with Crippen LogP contribution in [0.4, 0.5) is 5.13 Å². The number of rotatable bonds is 9. The molecule has 1 amide bonds. The second-order valence-electron chi connectivity index (χ2n) is 9.23. The van der Waals surface area contributed by atoms with Gasteiger partial charge in [0.1, 0.15) is 16.3 Å². The smallest absolute Gasteiger partial charge is 0.350 e. The molecular weight excluding hydrogens is 535 g/mol. The third-order valence-corrected chi connectivity index (χ3v) is 8.88. The maximum Gasteiger partial charge on any atom is 0.350 e. The van der Waals surface area contributed by atoms with Crippen molar-refractivity contribution in [3.63, 3.8) is 0 Å². The van der Waals surface area contributed by atoms with Crippen LogP contribution in [0.5, 0.6) is 5.75 Å². The van der Waals surface area contributed by atoms with Crippen LogP contribution < -0.4 is 15.0 Å². The highest BCUT2D eigenvalue weighted by molar-refractivity contribution is 7.17. The van der Waals surface area contributed by atoms with Gasteiger partial charge < -0.3 is 24.7 Å². The first kappa shape index (κ1) is 25.9. The number of thiazole rings is 1. The number of anilines is 1. The molecule has 196 valence electrons. The fraction of sp³-hybridized carbons (Fsp3) is 0.423. The first-order valence-electron chi connectivity index (χ1n) is 12.3. The van der Waals surface area contributed by atoms with Crippen molar-refractivity contribution in [3.8, 4) is 5.75 Å². The molecule has 8 nitrogen and oxygen atoms in total. The average molecular weight is 564 g/mol. The molecular formula is C26H28Cl2N4O4S. The molecule has 0 spiro atoms. The molecule has 1 saturated carbocycles. The monoisotopic (exact) mass is 562 g/mol. The summed E-state index contributed by atoms with van der Waals surface area (Å²) >= 11 is 13.7. The molecule has 1 saturated heterocycles. The van der Waals surface area contributed by atoms with Crippen LogP contribution in [0.3, 0.4) is 0 Å². The molecule has 37 heavy (non-hydrogen) atoms. The van der Waals surface area contributed by atoms with Gasteiger partial charge in [-0.25, -0.2) is 9.78 Å². The number of H-pyrrole nitrogens is 1. The number of carbonyl (C=O) groups is 2. The van der Waals surface area contributed by atoms with E-state index in [9.17, 15) is 9.59 Å². The molecule has 3 atom stereocenters. The van der Waals surface area contributed by atoms with Gasteiger partial charge in [-0.2, -0.15) is 0 Å². The molecule has 1 aromatic carbocycles. The molecule has 11 heteroatoms. The standard InChI is InChI=1S/C26H28Cl2N4O4S/c1-4-35-15-8-6-14(7-9-15)10-18-23(25(34)36-5-2)37-26(30-18)32-11-16-17(12-32)21(16)31-24(33)22-20(28)19(27)13(3)29-22/h6-9,16-17,21,29H,4-5,10-12H2,1-3H3,(H,31,33)/t16-,17+,21?. The number of nitrogens with one attached hydrogen (secondary N) is 2.